The average Bonchev–Trinajstić information content (AvgIpc) is 2.65. The number of aromatic nitrogens is 2. The highest BCUT2D eigenvalue weighted by Crippen LogP contribution is 2.16. The molecule has 1 aromatic heterocycles. The first kappa shape index (κ1) is 11.5. The second-order valence-corrected chi connectivity index (χ2v) is 3.35. The van der Waals surface area contributed by atoms with Crippen molar-refractivity contribution in [2.24, 2.45) is 0 Å². The predicted octanol–water partition coefficient (Wildman–Crippen LogP) is 2.34. The summed E-state index contributed by atoms with van der Waals surface area (Å²) in [7, 11) is 1.64. The van der Waals surface area contributed by atoms with Crippen LogP contribution >= 0.6 is 11.6 Å². The maximum absolute atomic E-state index is 5.56. The second-order valence-electron chi connectivity index (χ2n) is 2.97. The first-order chi connectivity index (χ1) is 6.81. The molecule has 1 unspecified atom stereocenters. The molecule has 0 amide bonds. The lowest BCUT2D eigenvalue weighted by Gasteiger charge is -2.05. The first-order valence-corrected chi connectivity index (χ1v) is 5.26. The number of methoxy groups -OCH3 is 1. The first-order valence-electron chi connectivity index (χ1n) is 4.73. The van der Waals surface area contributed by atoms with Crippen molar-refractivity contribution in [1.29, 1.82) is 0 Å². The monoisotopic (exact) mass is 218 g/mol. The molecule has 0 bridgehead atoms. The van der Waals surface area contributed by atoms with Gasteiger partial charge in [0.25, 0.3) is 0 Å². The van der Waals surface area contributed by atoms with Crippen LogP contribution in [0, 0.1) is 0 Å². The van der Waals surface area contributed by atoms with Crippen molar-refractivity contribution in [2.75, 3.05) is 13.0 Å². The summed E-state index contributed by atoms with van der Waals surface area (Å²) in [6.07, 6.45) is 2.36. The van der Waals surface area contributed by atoms with Crippen LogP contribution in [-0.2, 0) is 11.2 Å². The van der Waals surface area contributed by atoms with Crippen molar-refractivity contribution in [3.63, 3.8) is 0 Å². The van der Waals surface area contributed by atoms with Crippen LogP contribution in [0.4, 0.5) is 0 Å². The van der Waals surface area contributed by atoms with Crippen molar-refractivity contribution in [3.05, 3.63) is 11.7 Å². The highest BCUT2D eigenvalue weighted by Gasteiger charge is 2.15. The Labute approximate surface area is 88.6 Å². The molecular formula is C9H15ClN2O2. The smallest absolute Gasteiger partial charge is 0.226 e. The number of alkyl halides is 1. The van der Waals surface area contributed by atoms with Gasteiger partial charge in [-0.25, -0.2) is 0 Å². The summed E-state index contributed by atoms with van der Waals surface area (Å²) >= 11 is 5.56. The van der Waals surface area contributed by atoms with E-state index in [2.05, 4.69) is 10.1 Å². The summed E-state index contributed by atoms with van der Waals surface area (Å²) in [6, 6.07) is 0. The van der Waals surface area contributed by atoms with E-state index in [4.69, 9.17) is 20.9 Å². The summed E-state index contributed by atoms with van der Waals surface area (Å²) in [5.74, 6) is 1.87. The van der Waals surface area contributed by atoms with Gasteiger partial charge in [-0.2, -0.15) is 4.98 Å². The third kappa shape index (κ3) is 2.96. The molecule has 1 rings (SSSR count). The Hall–Kier alpha value is -0.610. The number of hydrogen-bond donors (Lipinski definition) is 0. The van der Waals surface area contributed by atoms with Gasteiger partial charge in [0.1, 0.15) is 6.10 Å². The summed E-state index contributed by atoms with van der Waals surface area (Å²) in [4.78, 5) is 4.23. The van der Waals surface area contributed by atoms with Gasteiger partial charge in [0.2, 0.25) is 11.7 Å². The van der Waals surface area contributed by atoms with Crippen LogP contribution in [-0.4, -0.2) is 23.1 Å². The predicted molar refractivity (Wildman–Crippen MR) is 53.4 cm³/mol. The van der Waals surface area contributed by atoms with E-state index in [1.165, 1.54) is 0 Å². The minimum Gasteiger partial charge on any atom is -0.373 e. The number of rotatable bonds is 6. The fraction of sp³-hybridized carbons (Fsp3) is 0.778. The van der Waals surface area contributed by atoms with Gasteiger partial charge in [-0.15, -0.1) is 11.6 Å². The van der Waals surface area contributed by atoms with E-state index in [0.717, 1.165) is 19.3 Å². The molecule has 1 atom stereocenters. The number of nitrogens with zero attached hydrogens (tertiary/aromatic N) is 2. The Bertz CT molecular complexity index is 261. The van der Waals surface area contributed by atoms with E-state index >= 15 is 0 Å². The lowest BCUT2D eigenvalue weighted by molar-refractivity contribution is 0.0903. The van der Waals surface area contributed by atoms with E-state index < -0.39 is 0 Å². The van der Waals surface area contributed by atoms with Crippen LogP contribution in [0.5, 0.6) is 0 Å². The van der Waals surface area contributed by atoms with Crippen LogP contribution in [0.15, 0.2) is 4.52 Å². The van der Waals surface area contributed by atoms with Crippen molar-refractivity contribution < 1.29 is 9.26 Å². The summed E-state index contributed by atoms with van der Waals surface area (Å²) in [6.45, 7) is 2.02. The Kier molecular flexibility index (Phi) is 4.90. The molecule has 4 nitrogen and oxygen atoms in total. The second kappa shape index (κ2) is 5.98. The summed E-state index contributed by atoms with van der Waals surface area (Å²) in [5, 5.41) is 3.86. The molecule has 0 aromatic carbocycles. The maximum atomic E-state index is 5.56. The van der Waals surface area contributed by atoms with Gasteiger partial charge in [-0.3, -0.25) is 0 Å². The Morgan fingerprint density at radius 2 is 2.36 bits per heavy atom. The maximum Gasteiger partial charge on any atom is 0.226 e. The molecule has 0 saturated heterocycles. The zero-order valence-corrected chi connectivity index (χ0v) is 9.25. The quantitative estimate of drug-likeness (QED) is 0.688. The molecule has 0 aliphatic heterocycles. The van der Waals surface area contributed by atoms with Gasteiger partial charge in [-0.05, 0) is 12.8 Å². The number of halogens is 1. The molecule has 5 heteroatoms. The van der Waals surface area contributed by atoms with Crippen LogP contribution in [0.3, 0.4) is 0 Å². The van der Waals surface area contributed by atoms with Gasteiger partial charge in [0, 0.05) is 19.4 Å². The zero-order chi connectivity index (χ0) is 10.4. The van der Waals surface area contributed by atoms with E-state index in [9.17, 15) is 0 Å². The van der Waals surface area contributed by atoms with E-state index in [1.807, 2.05) is 6.92 Å². The van der Waals surface area contributed by atoms with Crippen molar-refractivity contribution >= 4 is 11.6 Å². The Morgan fingerprint density at radius 3 is 2.93 bits per heavy atom. The summed E-state index contributed by atoms with van der Waals surface area (Å²) < 4.78 is 10.2. The highest BCUT2D eigenvalue weighted by atomic mass is 35.5. The van der Waals surface area contributed by atoms with Gasteiger partial charge >= 0.3 is 0 Å². The molecule has 0 fully saturated rings. The molecule has 0 aliphatic carbocycles. The fourth-order valence-electron chi connectivity index (χ4n) is 1.17. The molecule has 14 heavy (non-hydrogen) atoms. The third-order valence-corrected chi connectivity index (χ3v) is 2.22. The minimum absolute atomic E-state index is 0.0662. The molecule has 0 radical (unpaired) electrons. The van der Waals surface area contributed by atoms with Crippen molar-refractivity contribution in [3.8, 4) is 0 Å². The van der Waals surface area contributed by atoms with Gasteiger partial charge in [0.05, 0.1) is 0 Å². The van der Waals surface area contributed by atoms with Crippen molar-refractivity contribution in [1.82, 2.24) is 10.1 Å². The fourth-order valence-corrected chi connectivity index (χ4v) is 1.31. The molecule has 0 N–H and O–H groups in total. The lowest BCUT2D eigenvalue weighted by Crippen LogP contribution is -2.02. The number of ether oxygens (including phenoxy) is 1. The van der Waals surface area contributed by atoms with E-state index in [-0.39, 0.29) is 6.10 Å². The zero-order valence-electron chi connectivity index (χ0n) is 8.49. The third-order valence-electron chi connectivity index (χ3n) is 1.95. The molecule has 0 aliphatic rings. The summed E-state index contributed by atoms with van der Waals surface area (Å²) in [5.41, 5.74) is 0. The largest absolute Gasteiger partial charge is 0.373 e. The van der Waals surface area contributed by atoms with Crippen LogP contribution in [0.2, 0.25) is 0 Å². The number of hydrogen-bond acceptors (Lipinski definition) is 4. The molecule has 0 saturated carbocycles. The highest BCUT2D eigenvalue weighted by molar-refractivity contribution is 6.17. The van der Waals surface area contributed by atoms with Gasteiger partial charge in [-0.1, -0.05) is 12.1 Å². The minimum atomic E-state index is -0.0662. The van der Waals surface area contributed by atoms with Gasteiger partial charge in [0.15, 0.2) is 0 Å². The van der Waals surface area contributed by atoms with E-state index in [1.54, 1.807) is 7.11 Å². The Balaban J connectivity index is 2.57. The molecular weight excluding hydrogens is 204 g/mol. The Morgan fingerprint density at radius 1 is 1.57 bits per heavy atom. The topological polar surface area (TPSA) is 48.2 Å². The average molecular weight is 219 g/mol. The lowest BCUT2D eigenvalue weighted by atomic mass is 10.2. The molecule has 0 spiro atoms. The van der Waals surface area contributed by atoms with Crippen LogP contribution in [0.1, 0.15) is 37.6 Å². The SMILES string of the molecule is CCC(OC)c1noc(CCCCl)n1. The standard InChI is InChI=1S/C9H15ClN2O2/c1-3-7(13-2)9-11-8(14-12-9)5-4-6-10/h7H,3-6H2,1-2H3. The normalized spacial score (nSPS) is 13.1. The molecule has 1 aromatic rings. The van der Waals surface area contributed by atoms with Crippen molar-refractivity contribution in [2.45, 2.75) is 32.3 Å². The number of aryl methyl sites for hydroxylation is 1. The molecule has 80 valence electrons. The van der Waals surface area contributed by atoms with E-state index in [0.29, 0.717) is 17.6 Å². The molecule has 1 heterocycles. The van der Waals surface area contributed by atoms with Crippen LogP contribution < -0.4 is 0 Å². The van der Waals surface area contributed by atoms with Crippen LogP contribution in [0.25, 0.3) is 0 Å². The van der Waals surface area contributed by atoms with Gasteiger partial charge < -0.3 is 9.26 Å².